The van der Waals surface area contributed by atoms with Crippen molar-refractivity contribution in [2.24, 2.45) is 20.5 Å². The molecule has 1 unspecified atom stereocenters. The zero-order valence-corrected chi connectivity index (χ0v) is 12.6. The predicted molar refractivity (Wildman–Crippen MR) is 86.2 cm³/mol. The van der Waals surface area contributed by atoms with E-state index in [1.54, 1.807) is 25.1 Å². The van der Waals surface area contributed by atoms with Crippen molar-refractivity contribution in [2.45, 2.75) is 13.1 Å². The fourth-order valence-corrected chi connectivity index (χ4v) is 2.56. The second-order valence-corrected chi connectivity index (χ2v) is 5.56. The summed E-state index contributed by atoms with van der Waals surface area (Å²) in [6.07, 6.45) is -0.422. The van der Waals surface area contributed by atoms with E-state index in [1.807, 2.05) is 24.3 Å². The molecule has 7 heteroatoms. The third-order valence-electron chi connectivity index (χ3n) is 2.76. The molecule has 2 aromatic carbocycles. The first-order chi connectivity index (χ1) is 10.7. The minimum absolute atomic E-state index is 0.153. The third-order valence-corrected chi connectivity index (χ3v) is 3.68. The lowest BCUT2D eigenvalue weighted by molar-refractivity contribution is 0.475. The molecular formula is C15H13N5OS. The van der Waals surface area contributed by atoms with Crippen molar-refractivity contribution in [3.63, 3.8) is 0 Å². The molecule has 0 amide bonds. The topological polar surface area (TPSA) is 82.6 Å². The maximum Gasteiger partial charge on any atom is 0.230 e. The Kier molecular flexibility index (Phi) is 4.15. The summed E-state index contributed by atoms with van der Waals surface area (Å²) < 4.78 is 1.07. The Labute approximate surface area is 130 Å². The fourth-order valence-electron chi connectivity index (χ4n) is 1.76. The molecule has 0 aliphatic rings. The smallest absolute Gasteiger partial charge is 0.230 e. The van der Waals surface area contributed by atoms with E-state index in [0.29, 0.717) is 10.8 Å². The molecule has 0 spiro atoms. The van der Waals surface area contributed by atoms with Gasteiger partial charge < -0.3 is 5.11 Å². The van der Waals surface area contributed by atoms with Crippen LogP contribution in [0.25, 0.3) is 10.2 Å². The molecule has 0 aliphatic heterocycles. The van der Waals surface area contributed by atoms with Gasteiger partial charge in [-0.2, -0.15) is 15.3 Å². The van der Waals surface area contributed by atoms with E-state index >= 15 is 0 Å². The summed E-state index contributed by atoms with van der Waals surface area (Å²) in [5, 5.41) is 26.2. The fraction of sp³-hybridized carbons (Fsp3) is 0.133. The van der Waals surface area contributed by atoms with Crippen molar-refractivity contribution in [3.05, 3.63) is 48.5 Å². The Morgan fingerprint density at radius 3 is 2.68 bits per heavy atom. The maximum atomic E-state index is 9.35. The molecule has 0 aliphatic carbocycles. The largest absolute Gasteiger partial charge is 0.508 e. The molecule has 22 heavy (non-hydrogen) atoms. The molecular weight excluding hydrogens is 298 g/mol. The van der Waals surface area contributed by atoms with Gasteiger partial charge in [0.2, 0.25) is 5.13 Å². The molecule has 3 rings (SSSR count). The van der Waals surface area contributed by atoms with Crippen molar-refractivity contribution in [2.75, 3.05) is 0 Å². The SMILES string of the molecule is CC(N=Nc1cccc(O)c1)N=Nc1nc2ccccc2s1. The number of azo groups is 2. The number of fused-ring (bicyclic) bond motifs is 1. The Balaban J connectivity index is 1.69. The van der Waals surface area contributed by atoms with E-state index in [-0.39, 0.29) is 5.75 Å². The second-order valence-electron chi connectivity index (χ2n) is 4.55. The zero-order chi connectivity index (χ0) is 15.4. The number of aromatic nitrogens is 1. The number of phenols is 1. The number of thiazole rings is 1. The van der Waals surface area contributed by atoms with E-state index < -0.39 is 6.17 Å². The van der Waals surface area contributed by atoms with Crippen molar-refractivity contribution in [3.8, 4) is 5.75 Å². The summed E-state index contributed by atoms with van der Waals surface area (Å²) in [6.45, 7) is 1.78. The van der Waals surface area contributed by atoms with Gasteiger partial charge in [0.15, 0.2) is 6.17 Å². The van der Waals surface area contributed by atoms with E-state index in [9.17, 15) is 5.11 Å². The van der Waals surface area contributed by atoms with E-state index in [2.05, 4.69) is 25.4 Å². The van der Waals surface area contributed by atoms with E-state index in [1.165, 1.54) is 17.4 Å². The number of hydrogen-bond acceptors (Lipinski definition) is 7. The normalized spacial score (nSPS) is 13.3. The lowest BCUT2D eigenvalue weighted by atomic mass is 10.3. The van der Waals surface area contributed by atoms with Gasteiger partial charge in [0.1, 0.15) is 5.75 Å². The highest BCUT2D eigenvalue weighted by molar-refractivity contribution is 7.21. The van der Waals surface area contributed by atoms with Crippen LogP contribution in [0.2, 0.25) is 0 Å². The van der Waals surface area contributed by atoms with Crippen LogP contribution in [0.5, 0.6) is 5.75 Å². The van der Waals surface area contributed by atoms with Crippen molar-refractivity contribution < 1.29 is 5.11 Å². The van der Waals surface area contributed by atoms with Gasteiger partial charge in [-0.05, 0) is 31.2 Å². The summed E-state index contributed by atoms with van der Waals surface area (Å²) in [5.41, 5.74) is 1.48. The summed E-state index contributed by atoms with van der Waals surface area (Å²) in [4.78, 5) is 4.37. The average molecular weight is 311 g/mol. The summed E-state index contributed by atoms with van der Waals surface area (Å²) >= 11 is 1.48. The van der Waals surface area contributed by atoms with E-state index in [4.69, 9.17) is 0 Å². The maximum absolute atomic E-state index is 9.35. The highest BCUT2D eigenvalue weighted by Crippen LogP contribution is 2.28. The van der Waals surface area contributed by atoms with Crippen LogP contribution < -0.4 is 0 Å². The van der Waals surface area contributed by atoms with Gasteiger partial charge in [-0.15, -0.1) is 5.11 Å². The van der Waals surface area contributed by atoms with Crippen LogP contribution in [0.4, 0.5) is 10.8 Å². The van der Waals surface area contributed by atoms with Gasteiger partial charge >= 0.3 is 0 Å². The summed E-state index contributed by atoms with van der Waals surface area (Å²) in [7, 11) is 0. The second kappa shape index (κ2) is 6.40. The highest BCUT2D eigenvalue weighted by Gasteiger charge is 2.02. The quantitative estimate of drug-likeness (QED) is 0.670. The van der Waals surface area contributed by atoms with Crippen molar-refractivity contribution in [1.82, 2.24) is 4.98 Å². The molecule has 0 bridgehead atoms. The van der Waals surface area contributed by atoms with Crippen LogP contribution in [-0.4, -0.2) is 16.3 Å². The standard InChI is InChI=1S/C15H13N5OS/c1-10(17-19-11-5-4-6-12(21)9-11)18-20-15-16-13-7-2-3-8-14(13)22-15/h2-10,21H,1H3. The Morgan fingerprint density at radius 2 is 1.86 bits per heavy atom. The Hall–Kier alpha value is -2.67. The molecule has 1 aromatic heterocycles. The van der Waals surface area contributed by atoms with Crippen LogP contribution in [0.3, 0.4) is 0 Å². The molecule has 1 heterocycles. The molecule has 0 fully saturated rings. The van der Waals surface area contributed by atoms with Crippen LogP contribution in [-0.2, 0) is 0 Å². The molecule has 0 saturated heterocycles. The number of nitrogens with zero attached hydrogens (tertiary/aromatic N) is 5. The van der Waals surface area contributed by atoms with Gasteiger partial charge in [-0.25, -0.2) is 4.98 Å². The zero-order valence-electron chi connectivity index (χ0n) is 11.8. The molecule has 1 N–H and O–H groups in total. The first kappa shape index (κ1) is 14.3. The minimum Gasteiger partial charge on any atom is -0.508 e. The van der Waals surface area contributed by atoms with E-state index in [0.717, 1.165) is 10.2 Å². The molecule has 1 atom stereocenters. The number of hydrogen-bond donors (Lipinski definition) is 1. The molecule has 6 nitrogen and oxygen atoms in total. The minimum atomic E-state index is -0.422. The first-order valence-electron chi connectivity index (χ1n) is 6.67. The summed E-state index contributed by atoms with van der Waals surface area (Å²) in [6, 6.07) is 14.4. The lowest BCUT2D eigenvalue weighted by Gasteiger charge is -1.96. The molecule has 0 saturated carbocycles. The van der Waals surface area contributed by atoms with Crippen LogP contribution in [0.15, 0.2) is 69.0 Å². The van der Waals surface area contributed by atoms with Gasteiger partial charge in [0.05, 0.1) is 15.9 Å². The van der Waals surface area contributed by atoms with Crippen LogP contribution in [0.1, 0.15) is 6.92 Å². The number of para-hydroxylation sites is 1. The first-order valence-corrected chi connectivity index (χ1v) is 7.49. The van der Waals surface area contributed by atoms with Gasteiger partial charge in [-0.3, -0.25) is 0 Å². The average Bonchev–Trinajstić information content (AvgIpc) is 2.94. The number of phenolic OH excluding ortho intramolecular Hbond substituents is 1. The lowest BCUT2D eigenvalue weighted by Crippen LogP contribution is -1.88. The van der Waals surface area contributed by atoms with Crippen LogP contribution in [0, 0.1) is 0 Å². The molecule has 3 aromatic rings. The number of rotatable bonds is 4. The number of benzene rings is 2. The van der Waals surface area contributed by atoms with Gasteiger partial charge in [0.25, 0.3) is 0 Å². The van der Waals surface area contributed by atoms with Crippen molar-refractivity contribution in [1.29, 1.82) is 0 Å². The highest BCUT2D eigenvalue weighted by atomic mass is 32.1. The third kappa shape index (κ3) is 3.50. The predicted octanol–water partition coefficient (Wildman–Crippen LogP) is 5.22. The van der Waals surface area contributed by atoms with Gasteiger partial charge in [-0.1, -0.05) is 29.5 Å². The van der Waals surface area contributed by atoms with Gasteiger partial charge in [0, 0.05) is 6.07 Å². The Bertz CT molecular complexity index is 810. The van der Waals surface area contributed by atoms with Crippen molar-refractivity contribution >= 4 is 32.4 Å². The van der Waals surface area contributed by atoms with Crippen LogP contribution >= 0.6 is 11.3 Å². The summed E-state index contributed by atoms with van der Waals surface area (Å²) in [5.74, 6) is 0.153. The number of aromatic hydroxyl groups is 1. The Morgan fingerprint density at radius 1 is 1.05 bits per heavy atom. The molecule has 110 valence electrons. The molecule has 0 radical (unpaired) electrons. The monoisotopic (exact) mass is 311 g/mol.